The Labute approximate surface area is 217 Å². The van der Waals surface area contributed by atoms with Crippen LogP contribution in [-0.2, 0) is 14.4 Å². The lowest BCUT2D eigenvalue weighted by Crippen LogP contribution is -2.54. The van der Waals surface area contributed by atoms with Crippen LogP contribution < -0.4 is 5.32 Å². The molecule has 5 nitrogen and oxygen atoms in total. The molecule has 1 unspecified atom stereocenters. The SMILES string of the molecule is CC(C)(C)NC(=O)C(c1cccc(Cl)c1)N1C(=O)C(I)=C(c2ccccc2)C12C=CC(=O)C=C2. The predicted octanol–water partition coefficient (Wildman–Crippen LogP) is 5.42. The number of carbonyl (C=O) groups is 3. The van der Waals surface area contributed by atoms with Gasteiger partial charge in [-0.25, -0.2) is 0 Å². The average Bonchev–Trinajstić information content (AvgIpc) is 2.97. The molecule has 2 aliphatic rings. The molecule has 0 saturated carbocycles. The molecule has 2 aromatic carbocycles. The molecule has 1 aliphatic carbocycles. The summed E-state index contributed by atoms with van der Waals surface area (Å²) in [6.45, 7) is 5.66. The number of halogens is 2. The summed E-state index contributed by atoms with van der Waals surface area (Å²) < 4.78 is 0.489. The van der Waals surface area contributed by atoms with Crippen molar-refractivity contribution in [3.8, 4) is 0 Å². The monoisotopic (exact) mass is 586 g/mol. The third kappa shape index (κ3) is 4.49. The van der Waals surface area contributed by atoms with Gasteiger partial charge in [-0.1, -0.05) is 54.1 Å². The maximum Gasteiger partial charge on any atom is 0.262 e. The van der Waals surface area contributed by atoms with Crippen LogP contribution >= 0.6 is 34.2 Å². The summed E-state index contributed by atoms with van der Waals surface area (Å²) in [4.78, 5) is 41.4. The van der Waals surface area contributed by atoms with Crippen molar-refractivity contribution in [1.82, 2.24) is 10.2 Å². The molecule has 0 bridgehead atoms. The summed E-state index contributed by atoms with van der Waals surface area (Å²) in [5.74, 6) is -0.803. The van der Waals surface area contributed by atoms with Crippen molar-refractivity contribution in [1.29, 1.82) is 0 Å². The molecular weight excluding hydrogens is 563 g/mol. The van der Waals surface area contributed by atoms with Gasteiger partial charge in [-0.05, 0) is 90.9 Å². The van der Waals surface area contributed by atoms with E-state index in [-0.39, 0.29) is 17.6 Å². The fourth-order valence-corrected chi connectivity index (χ4v) is 5.56. The van der Waals surface area contributed by atoms with Gasteiger partial charge in [-0.2, -0.15) is 0 Å². The first kappa shape index (κ1) is 24.4. The molecule has 1 atom stereocenters. The summed E-state index contributed by atoms with van der Waals surface area (Å²) in [6.07, 6.45) is 6.33. The first-order valence-electron chi connectivity index (χ1n) is 10.8. The van der Waals surface area contributed by atoms with Crippen LogP contribution in [0.15, 0.2) is 82.5 Å². The van der Waals surface area contributed by atoms with Gasteiger partial charge in [0.15, 0.2) is 5.78 Å². The molecule has 1 spiro atoms. The van der Waals surface area contributed by atoms with Crippen LogP contribution in [0.3, 0.4) is 0 Å². The van der Waals surface area contributed by atoms with Gasteiger partial charge >= 0.3 is 0 Å². The number of benzene rings is 2. The number of hydrogen-bond acceptors (Lipinski definition) is 3. The van der Waals surface area contributed by atoms with E-state index in [1.807, 2.05) is 73.7 Å². The van der Waals surface area contributed by atoms with E-state index in [0.717, 1.165) is 11.1 Å². The largest absolute Gasteiger partial charge is 0.349 e. The smallest absolute Gasteiger partial charge is 0.262 e. The van der Waals surface area contributed by atoms with E-state index in [4.69, 9.17) is 11.6 Å². The van der Waals surface area contributed by atoms with Gasteiger partial charge in [0.25, 0.3) is 5.91 Å². The fourth-order valence-electron chi connectivity index (χ4n) is 4.36. The first-order valence-corrected chi connectivity index (χ1v) is 12.3. The van der Waals surface area contributed by atoms with Gasteiger partial charge in [-0.15, -0.1) is 0 Å². The van der Waals surface area contributed by atoms with Crippen LogP contribution in [0.2, 0.25) is 5.02 Å². The van der Waals surface area contributed by atoms with E-state index in [0.29, 0.717) is 14.2 Å². The lowest BCUT2D eigenvalue weighted by Gasteiger charge is -2.42. The molecule has 0 radical (unpaired) electrons. The van der Waals surface area contributed by atoms with Crippen LogP contribution in [0, 0.1) is 0 Å². The minimum Gasteiger partial charge on any atom is -0.349 e. The first-order chi connectivity index (χ1) is 16.0. The lowest BCUT2D eigenvalue weighted by molar-refractivity contribution is -0.139. The van der Waals surface area contributed by atoms with Gasteiger partial charge in [0.2, 0.25) is 5.91 Å². The zero-order valence-electron chi connectivity index (χ0n) is 19.0. The number of hydrogen-bond donors (Lipinski definition) is 1. The van der Waals surface area contributed by atoms with E-state index < -0.39 is 17.1 Å². The van der Waals surface area contributed by atoms with Crippen molar-refractivity contribution in [2.24, 2.45) is 0 Å². The highest BCUT2D eigenvalue weighted by atomic mass is 127. The Morgan fingerprint density at radius 3 is 2.26 bits per heavy atom. The van der Waals surface area contributed by atoms with Crippen molar-refractivity contribution in [3.05, 3.63) is 98.6 Å². The van der Waals surface area contributed by atoms with E-state index in [9.17, 15) is 14.4 Å². The zero-order chi connectivity index (χ0) is 24.7. The fraction of sp³-hybridized carbons (Fsp3) is 0.222. The Morgan fingerprint density at radius 1 is 1.03 bits per heavy atom. The molecule has 2 amide bonds. The topological polar surface area (TPSA) is 66.5 Å². The molecule has 7 heteroatoms. The van der Waals surface area contributed by atoms with Crippen LogP contribution in [0.4, 0.5) is 0 Å². The molecule has 1 aliphatic heterocycles. The number of ketones is 1. The maximum absolute atomic E-state index is 13.9. The minimum atomic E-state index is -1.12. The van der Waals surface area contributed by atoms with E-state index in [1.54, 1.807) is 41.3 Å². The number of allylic oxidation sites excluding steroid dienone is 2. The second-order valence-electron chi connectivity index (χ2n) is 9.32. The third-order valence-electron chi connectivity index (χ3n) is 5.66. The molecule has 34 heavy (non-hydrogen) atoms. The van der Waals surface area contributed by atoms with Gasteiger partial charge in [-0.3, -0.25) is 14.4 Å². The van der Waals surface area contributed by atoms with Crippen LogP contribution in [0.1, 0.15) is 37.9 Å². The summed E-state index contributed by atoms with van der Waals surface area (Å²) >= 11 is 8.35. The van der Waals surface area contributed by atoms with Crippen molar-refractivity contribution in [2.45, 2.75) is 37.9 Å². The molecule has 0 saturated heterocycles. The number of carbonyl (C=O) groups excluding carboxylic acids is 3. The molecule has 174 valence electrons. The van der Waals surface area contributed by atoms with E-state index >= 15 is 0 Å². The van der Waals surface area contributed by atoms with Crippen molar-refractivity contribution < 1.29 is 14.4 Å². The highest BCUT2D eigenvalue weighted by Gasteiger charge is 2.54. The normalized spacial score (nSPS) is 18.1. The standard InChI is InChI=1S/C27H24ClIN2O3/c1-26(2,3)30-24(33)23(18-10-7-11-19(28)16-18)31-25(34)22(29)21(17-8-5-4-6-9-17)27(31)14-12-20(32)13-15-27/h4-16,23H,1-3H3,(H,30,33). The van der Waals surface area contributed by atoms with Crippen molar-refractivity contribution in [2.75, 3.05) is 0 Å². The van der Waals surface area contributed by atoms with Crippen molar-refractivity contribution >= 4 is 57.4 Å². The van der Waals surface area contributed by atoms with Crippen molar-refractivity contribution in [3.63, 3.8) is 0 Å². The highest BCUT2D eigenvalue weighted by Crippen LogP contribution is 2.51. The summed E-state index contributed by atoms with van der Waals surface area (Å²) in [7, 11) is 0. The number of nitrogens with one attached hydrogen (secondary N) is 1. The molecule has 0 fully saturated rings. The average molecular weight is 587 g/mol. The van der Waals surface area contributed by atoms with E-state index in [1.165, 1.54) is 12.2 Å². The summed E-state index contributed by atoms with van der Waals surface area (Å²) in [6, 6.07) is 15.5. The van der Waals surface area contributed by atoms with E-state index in [2.05, 4.69) is 5.32 Å². The van der Waals surface area contributed by atoms with Crippen LogP contribution in [0.25, 0.3) is 5.57 Å². The Morgan fingerprint density at radius 2 is 1.68 bits per heavy atom. The Balaban J connectivity index is 1.96. The minimum absolute atomic E-state index is 0.175. The Kier molecular flexibility index (Phi) is 6.57. The van der Waals surface area contributed by atoms with Gasteiger partial charge in [0.1, 0.15) is 11.6 Å². The highest BCUT2D eigenvalue weighted by molar-refractivity contribution is 14.1. The number of rotatable bonds is 4. The van der Waals surface area contributed by atoms with Gasteiger partial charge in [0.05, 0.1) is 3.58 Å². The maximum atomic E-state index is 13.9. The zero-order valence-corrected chi connectivity index (χ0v) is 21.9. The Hall–Kier alpha value is -2.71. The molecule has 4 rings (SSSR count). The Bertz CT molecular complexity index is 1240. The number of nitrogens with zero attached hydrogens (tertiary/aromatic N) is 1. The number of amides is 2. The molecule has 2 aromatic rings. The van der Waals surface area contributed by atoms with Gasteiger partial charge in [0, 0.05) is 16.1 Å². The summed E-state index contributed by atoms with van der Waals surface area (Å²) in [5, 5.41) is 3.48. The predicted molar refractivity (Wildman–Crippen MR) is 142 cm³/mol. The molecule has 1 N–H and O–H groups in total. The molecule has 0 aromatic heterocycles. The molecular formula is C27H24ClIN2O3. The lowest BCUT2D eigenvalue weighted by atomic mass is 9.81. The summed E-state index contributed by atoms with van der Waals surface area (Å²) in [5.41, 5.74) is 0.507. The van der Waals surface area contributed by atoms with Crippen LogP contribution in [0.5, 0.6) is 0 Å². The molecule has 1 heterocycles. The van der Waals surface area contributed by atoms with Gasteiger partial charge < -0.3 is 10.2 Å². The second kappa shape index (κ2) is 9.15. The quantitative estimate of drug-likeness (QED) is 0.487. The third-order valence-corrected chi connectivity index (χ3v) is 6.90. The van der Waals surface area contributed by atoms with Crippen LogP contribution in [-0.4, -0.2) is 33.6 Å². The second-order valence-corrected chi connectivity index (χ2v) is 10.8.